The molecule has 1 amide bonds. The molecule has 2 heterocycles. The van der Waals surface area contributed by atoms with Gasteiger partial charge in [0.05, 0.1) is 0 Å². The SMILES string of the molecule is Cc1cc(CC2=C(C(=O)O)N3C(=O)C(N)[C@@H]3SC2)cc(C)c1O. The number of nitrogens with two attached hydrogens (primary N) is 1. The Hall–Kier alpha value is -1.99. The van der Waals surface area contributed by atoms with Gasteiger partial charge in [0.1, 0.15) is 22.9 Å². The van der Waals surface area contributed by atoms with Crippen molar-refractivity contribution in [2.45, 2.75) is 31.7 Å². The zero-order valence-corrected chi connectivity index (χ0v) is 13.7. The lowest BCUT2D eigenvalue weighted by Gasteiger charge is -2.48. The van der Waals surface area contributed by atoms with Gasteiger partial charge in [-0.05, 0) is 42.5 Å². The van der Waals surface area contributed by atoms with Gasteiger partial charge in [-0.15, -0.1) is 11.8 Å². The highest BCUT2D eigenvalue weighted by Gasteiger charge is 2.51. The van der Waals surface area contributed by atoms with Crippen LogP contribution in [0.25, 0.3) is 0 Å². The normalized spacial score (nSPS) is 23.6. The Balaban J connectivity index is 1.97. The number of rotatable bonds is 3. The zero-order chi connectivity index (χ0) is 16.9. The van der Waals surface area contributed by atoms with Crippen molar-refractivity contribution in [3.8, 4) is 5.75 Å². The van der Waals surface area contributed by atoms with Gasteiger partial charge in [0.25, 0.3) is 0 Å². The quantitative estimate of drug-likeness (QED) is 0.716. The molecule has 1 saturated heterocycles. The molecule has 0 aliphatic carbocycles. The summed E-state index contributed by atoms with van der Waals surface area (Å²) in [7, 11) is 0. The third kappa shape index (κ3) is 2.49. The van der Waals surface area contributed by atoms with Crippen molar-refractivity contribution in [2.75, 3.05) is 5.75 Å². The van der Waals surface area contributed by atoms with Crippen LogP contribution in [0.4, 0.5) is 0 Å². The highest BCUT2D eigenvalue weighted by molar-refractivity contribution is 8.00. The van der Waals surface area contributed by atoms with E-state index in [0.717, 1.165) is 16.7 Å². The van der Waals surface area contributed by atoms with Crippen molar-refractivity contribution >= 4 is 23.6 Å². The van der Waals surface area contributed by atoms with Crippen LogP contribution in [0.5, 0.6) is 5.75 Å². The topological polar surface area (TPSA) is 104 Å². The Morgan fingerprint density at radius 1 is 1.39 bits per heavy atom. The molecule has 122 valence electrons. The van der Waals surface area contributed by atoms with Crippen LogP contribution in [-0.4, -0.2) is 44.2 Å². The molecular weight excluding hydrogens is 316 g/mol. The van der Waals surface area contributed by atoms with Crippen LogP contribution in [-0.2, 0) is 16.0 Å². The predicted molar refractivity (Wildman–Crippen MR) is 87.0 cm³/mol. The molecule has 0 bridgehead atoms. The van der Waals surface area contributed by atoms with Crippen LogP contribution in [0.1, 0.15) is 16.7 Å². The Morgan fingerprint density at radius 2 is 2.00 bits per heavy atom. The number of β-lactam (4-membered cyclic amide) rings is 1. The molecule has 6 nitrogen and oxygen atoms in total. The highest BCUT2D eigenvalue weighted by Crippen LogP contribution is 2.40. The number of hydrogen-bond acceptors (Lipinski definition) is 5. The Labute approximate surface area is 138 Å². The number of carboxylic acid groups (broad SMARTS) is 1. The van der Waals surface area contributed by atoms with E-state index in [2.05, 4.69) is 0 Å². The van der Waals surface area contributed by atoms with Gasteiger partial charge in [-0.3, -0.25) is 9.69 Å². The van der Waals surface area contributed by atoms with Crippen molar-refractivity contribution in [1.29, 1.82) is 0 Å². The summed E-state index contributed by atoms with van der Waals surface area (Å²) in [4.78, 5) is 24.9. The van der Waals surface area contributed by atoms with Crippen molar-refractivity contribution in [3.05, 3.63) is 40.1 Å². The number of amides is 1. The van der Waals surface area contributed by atoms with Crippen LogP contribution in [0.2, 0.25) is 0 Å². The van der Waals surface area contributed by atoms with Gasteiger partial charge in [-0.25, -0.2) is 4.79 Å². The summed E-state index contributed by atoms with van der Waals surface area (Å²) in [6.07, 6.45) is 0.433. The van der Waals surface area contributed by atoms with Crippen molar-refractivity contribution < 1.29 is 19.8 Å². The molecule has 0 aromatic heterocycles. The number of fused-ring (bicyclic) bond motifs is 1. The first kappa shape index (κ1) is 15.9. The van der Waals surface area contributed by atoms with Crippen molar-refractivity contribution in [2.24, 2.45) is 5.73 Å². The number of aliphatic carboxylic acids is 1. The monoisotopic (exact) mass is 334 g/mol. The van der Waals surface area contributed by atoms with E-state index in [1.165, 1.54) is 16.7 Å². The summed E-state index contributed by atoms with van der Waals surface area (Å²) < 4.78 is 0. The van der Waals surface area contributed by atoms with Gasteiger partial charge in [-0.2, -0.15) is 0 Å². The number of carboxylic acids is 1. The molecule has 0 saturated carbocycles. The fourth-order valence-corrected chi connectivity index (χ4v) is 4.40. The van der Waals surface area contributed by atoms with Gasteiger partial charge < -0.3 is 15.9 Å². The Bertz CT molecular complexity index is 721. The van der Waals surface area contributed by atoms with Crippen molar-refractivity contribution in [1.82, 2.24) is 4.90 Å². The number of carbonyl (C=O) groups is 2. The molecule has 1 fully saturated rings. The standard InChI is InChI=1S/C16H18N2O4S/c1-7-3-9(4-8(2)13(7)19)5-10-6-23-15-11(17)14(20)18(15)12(10)16(21)22/h3-4,11,15,19H,5-6,17H2,1-2H3,(H,21,22)/t11?,15-/m0/s1. The van der Waals surface area contributed by atoms with E-state index in [1.807, 2.05) is 26.0 Å². The minimum atomic E-state index is -1.10. The number of nitrogens with zero attached hydrogens (tertiary/aromatic N) is 1. The van der Waals surface area contributed by atoms with Crippen LogP contribution >= 0.6 is 11.8 Å². The molecule has 4 N–H and O–H groups in total. The van der Waals surface area contributed by atoms with E-state index in [1.54, 1.807) is 0 Å². The van der Waals surface area contributed by atoms with E-state index < -0.39 is 12.0 Å². The second-order valence-corrected chi connectivity index (χ2v) is 7.05. The number of thioether (sulfide) groups is 1. The molecule has 1 aromatic rings. The summed E-state index contributed by atoms with van der Waals surface area (Å²) in [5.74, 6) is -0.654. The molecular formula is C16H18N2O4S. The lowest BCUT2D eigenvalue weighted by molar-refractivity contribution is -0.148. The average molecular weight is 334 g/mol. The number of benzene rings is 1. The first-order valence-electron chi connectivity index (χ1n) is 7.26. The smallest absolute Gasteiger partial charge is 0.352 e. The maximum absolute atomic E-state index is 11.9. The summed E-state index contributed by atoms with van der Waals surface area (Å²) in [5, 5.41) is 19.1. The average Bonchev–Trinajstić information content (AvgIpc) is 2.51. The molecule has 2 aliphatic heterocycles. The van der Waals surface area contributed by atoms with E-state index in [9.17, 15) is 19.8 Å². The molecule has 1 unspecified atom stereocenters. The Kier molecular flexibility index (Phi) is 3.85. The summed E-state index contributed by atoms with van der Waals surface area (Å²) in [6.45, 7) is 3.61. The maximum Gasteiger partial charge on any atom is 0.352 e. The number of hydrogen-bond donors (Lipinski definition) is 3. The van der Waals surface area contributed by atoms with E-state index in [4.69, 9.17) is 5.73 Å². The zero-order valence-electron chi connectivity index (χ0n) is 12.9. The number of carbonyl (C=O) groups excluding carboxylic acids is 1. The summed E-state index contributed by atoms with van der Waals surface area (Å²) >= 11 is 1.49. The summed E-state index contributed by atoms with van der Waals surface area (Å²) in [5.41, 5.74) is 8.92. The van der Waals surface area contributed by atoms with Crippen LogP contribution in [0, 0.1) is 13.8 Å². The first-order valence-corrected chi connectivity index (χ1v) is 8.30. The third-order valence-electron chi connectivity index (χ3n) is 4.26. The molecule has 23 heavy (non-hydrogen) atoms. The fraction of sp³-hybridized carbons (Fsp3) is 0.375. The minimum Gasteiger partial charge on any atom is -0.507 e. The highest BCUT2D eigenvalue weighted by atomic mass is 32.2. The minimum absolute atomic E-state index is 0.0591. The van der Waals surface area contributed by atoms with E-state index >= 15 is 0 Å². The largest absolute Gasteiger partial charge is 0.507 e. The van der Waals surface area contributed by atoms with E-state index in [-0.39, 0.29) is 22.7 Å². The second kappa shape index (κ2) is 5.58. The Morgan fingerprint density at radius 3 is 2.57 bits per heavy atom. The van der Waals surface area contributed by atoms with Gasteiger partial charge in [0, 0.05) is 5.75 Å². The number of aryl methyl sites for hydroxylation is 2. The lowest BCUT2D eigenvalue weighted by atomic mass is 9.97. The van der Waals surface area contributed by atoms with Gasteiger partial charge >= 0.3 is 5.97 Å². The number of phenolic OH excluding ortho intramolecular Hbond substituents is 1. The second-order valence-electron chi connectivity index (χ2n) is 5.95. The maximum atomic E-state index is 11.9. The molecule has 0 radical (unpaired) electrons. The van der Waals surface area contributed by atoms with Gasteiger partial charge in [-0.1, -0.05) is 12.1 Å². The molecule has 2 atom stereocenters. The lowest BCUT2D eigenvalue weighted by Crippen LogP contribution is -2.68. The van der Waals surface area contributed by atoms with Crippen LogP contribution in [0.15, 0.2) is 23.4 Å². The van der Waals surface area contributed by atoms with Crippen LogP contribution < -0.4 is 5.73 Å². The molecule has 3 rings (SSSR count). The van der Waals surface area contributed by atoms with E-state index in [0.29, 0.717) is 17.7 Å². The predicted octanol–water partition coefficient (Wildman–Crippen LogP) is 1.13. The summed E-state index contributed by atoms with van der Waals surface area (Å²) in [6, 6.07) is 3.07. The molecule has 0 spiro atoms. The van der Waals surface area contributed by atoms with Crippen LogP contribution in [0.3, 0.4) is 0 Å². The fourth-order valence-electron chi connectivity index (χ4n) is 3.11. The first-order chi connectivity index (χ1) is 10.8. The van der Waals surface area contributed by atoms with Gasteiger partial charge in [0.15, 0.2) is 0 Å². The molecule has 1 aromatic carbocycles. The molecule has 7 heteroatoms. The molecule has 2 aliphatic rings. The number of aromatic hydroxyl groups is 1. The third-order valence-corrected chi connectivity index (χ3v) is 5.62. The van der Waals surface area contributed by atoms with Crippen molar-refractivity contribution in [3.63, 3.8) is 0 Å². The van der Waals surface area contributed by atoms with Gasteiger partial charge in [0.2, 0.25) is 5.91 Å². The number of phenols is 1.